The molecule has 1 amide bonds. The quantitative estimate of drug-likeness (QED) is 0.510. The molecule has 0 aliphatic carbocycles. The second kappa shape index (κ2) is 10.3. The molecule has 1 N–H and O–H groups in total. The largest absolute Gasteiger partial charge is 0.508 e. The van der Waals surface area contributed by atoms with Gasteiger partial charge in [-0.1, -0.05) is 35.4 Å². The van der Waals surface area contributed by atoms with Crippen LogP contribution in [0.2, 0.25) is 5.02 Å². The maximum Gasteiger partial charge on any atom is 0.258 e. The van der Waals surface area contributed by atoms with Gasteiger partial charge in [-0.15, -0.1) is 0 Å². The number of ether oxygens (including phenoxy) is 1. The van der Waals surface area contributed by atoms with Crippen molar-refractivity contribution in [1.29, 1.82) is 0 Å². The van der Waals surface area contributed by atoms with Crippen LogP contribution in [0, 0.1) is 6.92 Å². The summed E-state index contributed by atoms with van der Waals surface area (Å²) in [6.45, 7) is 4.28. The Kier molecular flexibility index (Phi) is 7.21. The fraction of sp³-hybridized carbons (Fsp3) is 0.296. The van der Waals surface area contributed by atoms with E-state index in [2.05, 4.69) is 4.90 Å². The summed E-state index contributed by atoms with van der Waals surface area (Å²) in [5.41, 5.74) is 3.46. The second-order valence-electron chi connectivity index (χ2n) is 8.52. The van der Waals surface area contributed by atoms with E-state index in [1.165, 1.54) is 0 Å². The zero-order chi connectivity index (χ0) is 23.4. The summed E-state index contributed by atoms with van der Waals surface area (Å²) >= 11 is 6.11. The van der Waals surface area contributed by atoms with E-state index in [0.717, 1.165) is 48.5 Å². The molecule has 172 valence electrons. The van der Waals surface area contributed by atoms with E-state index >= 15 is 0 Å². The van der Waals surface area contributed by atoms with Crippen LogP contribution in [0.4, 0.5) is 5.69 Å². The van der Waals surface area contributed by atoms with Crippen molar-refractivity contribution in [3.05, 3.63) is 88.4 Å². The number of phenolic OH excluding ortho intramolecular Hbond substituents is 1. The van der Waals surface area contributed by atoms with Crippen molar-refractivity contribution in [3.63, 3.8) is 0 Å². The molecule has 1 fully saturated rings. The number of carbonyl (C=O) groups excluding carboxylic acids is 1. The van der Waals surface area contributed by atoms with Crippen molar-refractivity contribution >= 4 is 23.2 Å². The highest BCUT2D eigenvalue weighted by Gasteiger charge is 2.30. The van der Waals surface area contributed by atoms with E-state index in [4.69, 9.17) is 16.3 Å². The lowest BCUT2D eigenvalue weighted by atomic mass is 9.99. The maximum atomic E-state index is 13.6. The van der Waals surface area contributed by atoms with Gasteiger partial charge < -0.3 is 14.7 Å². The van der Waals surface area contributed by atoms with Crippen LogP contribution in [0.25, 0.3) is 0 Å². The molecule has 0 bridgehead atoms. The Hall–Kier alpha value is -3.02. The topological polar surface area (TPSA) is 53.0 Å². The van der Waals surface area contributed by atoms with E-state index in [9.17, 15) is 9.90 Å². The number of phenols is 1. The minimum absolute atomic E-state index is 0.00538. The number of nitrogens with zero attached hydrogens (tertiary/aromatic N) is 2. The lowest BCUT2D eigenvalue weighted by Gasteiger charge is -2.39. The van der Waals surface area contributed by atoms with Crippen LogP contribution < -0.4 is 9.64 Å². The summed E-state index contributed by atoms with van der Waals surface area (Å²) in [7, 11) is 1.63. The number of hydrogen-bond donors (Lipinski definition) is 1. The molecule has 1 aliphatic heterocycles. The van der Waals surface area contributed by atoms with Gasteiger partial charge in [0.1, 0.15) is 11.5 Å². The summed E-state index contributed by atoms with van der Waals surface area (Å²) in [4.78, 5) is 17.8. The molecule has 1 aliphatic rings. The minimum atomic E-state index is -0.00538. The number of likely N-dealkylation sites (tertiary alicyclic amines) is 1. The number of carbonyl (C=O) groups is 1. The molecule has 0 atom stereocenters. The Balaban J connectivity index is 1.54. The molecule has 6 heteroatoms. The molecule has 0 radical (unpaired) electrons. The first kappa shape index (κ1) is 23.1. The highest BCUT2D eigenvalue weighted by atomic mass is 35.5. The molecule has 1 saturated heterocycles. The number of amides is 1. The average Bonchev–Trinajstić information content (AvgIpc) is 2.83. The minimum Gasteiger partial charge on any atom is -0.508 e. The van der Waals surface area contributed by atoms with Crippen molar-refractivity contribution in [3.8, 4) is 11.5 Å². The Morgan fingerprint density at radius 2 is 1.82 bits per heavy atom. The number of hydrogen-bond acceptors (Lipinski definition) is 4. The molecule has 4 rings (SSSR count). The number of benzene rings is 3. The van der Waals surface area contributed by atoms with Gasteiger partial charge in [-0.2, -0.15) is 0 Å². The lowest BCUT2D eigenvalue weighted by Crippen LogP contribution is -2.47. The zero-order valence-corrected chi connectivity index (χ0v) is 19.8. The predicted octanol–water partition coefficient (Wildman–Crippen LogP) is 5.67. The van der Waals surface area contributed by atoms with Gasteiger partial charge in [-0.3, -0.25) is 9.69 Å². The van der Waals surface area contributed by atoms with Crippen LogP contribution in [0.5, 0.6) is 11.5 Å². The first-order valence-electron chi connectivity index (χ1n) is 11.2. The Morgan fingerprint density at radius 1 is 1.09 bits per heavy atom. The van der Waals surface area contributed by atoms with Crippen molar-refractivity contribution in [2.75, 3.05) is 25.1 Å². The van der Waals surface area contributed by atoms with Crippen LogP contribution in [-0.2, 0) is 6.54 Å². The fourth-order valence-corrected chi connectivity index (χ4v) is 4.54. The lowest BCUT2D eigenvalue weighted by molar-refractivity contribution is 0.0958. The molecule has 0 aromatic heterocycles. The van der Waals surface area contributed by atoms with E-state index in [1.807, 2.05) is 66.4 Å². The number of methoxy groups -OCH3 is 1. The van der Waals surface area contributed by atoms with Gasteiger partial charge >= 0.3 is 0 Å². The van der Waals surface area contributed by atoms with E-state index < -0.39 is 0 Å². The number of halogens is 1. The smallest absolute Gasteiger partial charge is 0.258 e. The van der Waals surface area contributed by atoms with Crippen LogP contribution in [0.1, 0.15) is 34.3 Å². The SMILES string of the molecule is COc1cccc(N(C(=O)c2ccc(C)cc2)C2CCN(Cc3cc(Cl)ccc3O)CC2)c1. The number of piperidine rings is 1. The maximum absolute atomic E-state index is 13.6. The molecule has 3 aromatic rings. The van der Waals surface area contributed by atoms with Gasteiger partial charge in [-0.25, -0.2) is 0 Å². The highest BCUT2D eigenvalue weighted by molar-refractivity contribution is 6.30. The monoisotopic (exact) mass is 464 g/mol. The average molecular weight is 465 g/mol. The first-order chi connectivity index (χ1) is 15.9. The second-order valence-corrected chi connectivity index (χ2v) is 8.96. The van der Waals surface area contributed by atoms with Crippen LogP contribution in [0.15, 0.2) is 66.7 Å². The first-order valence-corrected chi connectivity index (χ1v) is 11.6. The molecular weight excluding hydrogens is 436 g/mol. The Morgan fingerprint density at radius 3 is 2.52 bits per heavy atom. The van der Waals surface area contributed by atoms with Gasteiger partial charge in [-0.05, 0) is 62.2 Å². The van der Waals surface area contributed by atoms with Gasteiger partial charge in [0.15, 0.2) is 0 Å². The normalized spacial score (nSPS) is 14.8. The van der Waals surface area contributed by atoms with Crippen molar-refractivity contribution in [2.24, 2.45) is 0 Å². The molecule has 1 heterocycles. The predicted molar refractivity (Wildman–Crippen MR) is 132 cm³/mol. The van der Waals surface area contributed by atoms with Crippen LogP contribution >= 0.6 is 11.6 Å². The fourth-order valence-electron chi connectivity index (χ4n) is 4.35. The summed E-state index contributed by atoms with van der Waals surface area (Å²) in [5.74, 6) is 0.978. The third kappa shape index (κ3) is 5.49. The Labute approximate surface area is 200 Å². The van der Waals surface area contributed by atoms with E-state index in [1.54, 1.807) is 19.2 Å². The zero-order valence-electron chi connectivity index (χ0n) is 19.0. The number of anilines is 1. The van der Waals surface area contributed by atoms with E-state index in [0.29, 0.717) is 17.1 Å². The summed E-state index contributed by atoms with van der Waals surface area (Å²) in [6, 6.07) is 20.6. The summed E-state index contributed by atoms with van der Waals surface area (Å²) in [6.07, 6.45) is 1.66. The third-order valence-electron chi connectivity index (χ3n) is 6.21. The Bertz CT molecular complexity index is 1110. The highest BCUT2D eigenvalue weighted by Crippen LogP contribution is 2.30. The van der Waals surface area contributed by atoms with Crippen molar-refractivity contribution in [1.82, 2.24) is 4.90 Å². The number of rotatable bonds is 6. The number of aromatic hydroxyl groups is 1. The van der Waals surface area contributed by atoms with Gasteiger partial charge in [0.05, 0.1) is 7.11 Å². The summed E-state index contributed by atoms with van der Waals surface area (Å²) in [5, 5.41) is 10.8. The van der Waals surface area contributed by atoms with Gasteiger partial charge in [0, 0.05) is 53.6 Å². The molecule has 0 saturated carbocycles. The van der Waals surface area contributed by atoms with Crippen molar-refractivity contribution in [2.45, 2.75) is 32.4 Å². The molecular formula is C27H29ClN2O3. The number of aryl methyl sites for hydroxylation is 1. The third-order valence-corrected chi connectivity index (χ3v) is 6.44. The summed E-state index contributed by atoms with van der Waals surface area (Å²) < 4.78 is 5.42. The van der Waals surface area contributed by atoms with Crippen LogP contribution in [-0.4, -0.2) is 42.2 Å². The molecule has 0 spiro atoms. The van der Waals surface area contributed by atoms with Gasteiger partial charge in [0.2, 0.25) is 0 Å². The van der Waals surface area contributed by atoms with Crippen LogP contribution in [0.3, 0.4) is 0 Å². The standard InChI is InChI=1S/C27H29ClN2O3/c1-19-6-8-20(9-7-19)27(32)30(24-4-3-5-25(17-24)33-2)23-12-14-29(15-13-23)18-21-16-22(28)10-11-26(21)31/h3-11,16-17,23,31H,12-15,18H2,1-2H3. The molecule has 0 unspecified atom stereocenters. The van der Waals surface area contributed by atoms with Gasteiger partial charge in [0.25, 0.3) is 5.91 Å². The molecule has 3 aromatic carbocycles. The van der Waals surface area contributed by atoms with E-state index in [-0.39, 0.29) is 17.7 Å². The molecule has 33 heavy (non-hydrogen) atoms. The molecule has 5 nitrogen and oxygen atoms in total. The van der Waals surface area contributed by atoms with Crippen molar-refractivity contribution < 1.29 is 14.6 Å².